The summed E-state index contributed by atoms with van der Waals surface area (Å²) in [6.45, 7) is 0.317. The van der Waals surface area contributed by atoms with Gasteiger partial charge in [0.05, 0.1) is 17.6 Å². The summed E-state index contributed by atoms with van der Waals surface area (Å²) >= 11 is 0. The maximum atomic E-state index is 12.8. The first kappa shape index (κ1) is 19.1. The third-order valence-electron chi connectivity index (χ3n) is 3.68. The number of methoxy groups -OCH3 is 1. The molecular formula is C18H18N2O6. The molecule has 0 atom stereocenters. The van der Waals surface area contributed by atoms with Gasteiger partial charge in [0, 0.05) is 30.3 Å². The molecule has 0 spiro atoms. The summed E-state index contributed by atoms with van der Waals surface area (Å²) in [7, 11) is 1.21. The highest BCUT2D eigenvalue weighted by molar-refractivity contribution is 6.14. The van der Waals surface area contributed by atoms with Gasteiger partial charge in [-0.2, -0.15) is 0 Å². The number of aliphatic hydroxyl groups is 1. The third kappa shape index (κ3) is 4.22. The van der Waals surface area contributed by atoms with Crippen LogP contribution >= 0.6 is 0 Å². The number of benzene rings is 2. The van der Waals surface area contributed by atoms with Gasteiger partial charge in [-0.15, -0.1) is 0 Å². The Balaban J connectivity index is 2.40. The number of ether oxygens (including phenoxy) is 1. The molecule has 0 fully saturated rings. The minimum atomic E-state index is -0.661. The maximum absolute atomic E-state index is 12.8. The van der Waals surface area contributed by atoms with Crippen molar-refractivity contribution in [3.63, 3.8) is 0 Å². The number of hydrogen-bond donors (Lipinski definition) is 2. The molecule has 0 heterocycles. The van der Waals surface area contributed by atoms with Crippen molar-refractivity contribution in [1.29, 1.82) is 0 Å². The molecule has 0 aliphatic heterocycles. The van der Waals surface area contributed by atoms with E-state index in [-0.39, 0.29) is 34.7 Å². The number of aliphatic hydroxyl groups excluding tert-OH is 1. The molecule has 2 N–H and O–H groups in total. The van der Waals surface area contributed by atoms with Gasteiger partial charge in [0.1, 0.15) is 5.69 Å². The SMILES string of the molecule is COC(=O)c1ccccc1C(=O)c1ccc(NCCCO)c([N+](=O)[O-])c1. The topological polar surface area (TPSA) is 119 Å². The molecule has 26 heavy (non-hydrogen) atoms. The van der Waals surface area contributed by atoms with Crippen LogP contribution in [0.4, 0.5) is 11.4 Å². The summed E-state index contributed by atoms with van der Waals surface area (Å²) in [5, 5.41) is 23.0. The lowest BCUT2D eigenvalue weighted by atomic mass is 9.97. The molecule has 136 valence electrons. The fourth-order valence-electron chi connectivity index (χ4n) is 2.40. The van der Waals surface area contributed by atoms with Crippen molar-refractivity contribution in [2.24, 2.45) is 0 Å². The standard InChI is InChI=1S/C18H18N2O6/c1-26-18(23)14-6-3-2-5-13(14)17(22)12-7-8-15(19-9-4-10-21)16(11-12)20(24)25/h2-3,5-8,11,19,21H,4,9-10H2,1H3. The number of nitrogens with one attached hydrogen (secondary N) is 1. The molecule has 0 radical (unpaired) electrons. The Morgan fingerprint density at radius 2 is 1.88 bits per heavy atom. The lowest BCUT2D eigenvalue weighted by molar-refractivity contribution is -0.384. The van der Waals surface area contributed by atoms with Gasteiger partial charge in [-0.25, -0.2) is 4.79 Å². The van der Waals surface area contributed by atoms with E-state index in [0.717, 1.165) is 6.07 Å². The summed E-state index contributed by atoms with van der Waals surface area (Å²) in [5.41, 5.74) is 0.272. The molecule has 0 aliphatic rings. The number of nitro groups is 1. The van der Waals surface area contributed by atoms with E-state index < -0.39 is 16.7 Å². The van der Waals surface area contributed by atoms with Gasteiger partial charge >= 0.3 is 5.97 Å². The third-order valence-corrected chi connectivity index (χ3v) is 3.68. The number of carbonyl (C=O) groups excluding carboxylic acids is 2. The van der Waals surface area contributed by atoms with E-state index in [2.05, 4.69) is 10.1 Å². The number of rotatable bonds is 8. The monoisotopic (exact) mass is 358 g/mol. The number of esters is 1. The van der Waals surface area contributed by atoms with Crippen molar-refractivity contribution >= 4 is 23.1 Å². The molecule has 0 unspecified atom stereocenters. The van der Waals surface area contributed by atoms with Gasteiger partial charge < -0.3 is 15.2 Å². The van der Waals surface area contributed by atoms with Crippen LogP contribution in [0.5, 0.6) is 0 Å². The molecule has 0 bridgehead atoms. The minimum absolute atomic E-state index is 0.0400. The van der Waals surface area contributed by atoms with Crippen LogP contribution < -0.4 is 5.32 Å². The largest absolute Gasteiger partial charge is 0.465 e. The average Bonchev–Trinajstić information content (AvgIpc) is 2.67. The first-order chi connectivity index (χ1) is 12.5. The molecular weight excluding hydrogens is 340 g/mol. The number of hydrogen-bond acceptors (Lipinski definition) is 7. The lowest BCUT2D eigenvalue weighted by Crippen LogP contribution is -2.12. The van der Waals surface area contributed by atoms with E-state index in [1.165, 1.54) is 31.4 Å². The molecule has 2 aromatic carbocycles. The summed E-state index contributed by atoms with van der Waals surface area (Å²) < 4.78 is 4.67. The molecule has 0 aromatic heterocycles. The Kier molecular flexibility index (Phi) is 6.40. The number of carbonyl (C=O) groups is 2. The maximum Gasteiger partial charge on any atom is 0.338 e. The summed E-state index contributed by atoms with van der Waals surface area (Å²) in [6, 6.07) is 10.2. The van der Waals surface area contributed by atoms with Crippen LogP contribution in [0.2, 0.25) is 0 Å². The van der Waals surface area contributed by atoms with E-state index in [9.17, 15) is 19.7 Å². The van der Waals surface area contributed by atoms with Crippen LogP contribution in [0, 0.1) is 10.1 Å². The van der Waals surface area contributed by atoms with Crippen LogP contribution in [0.15, 0.2) is 42.5 Å². The fraction of sp³-hybridized carbons (Fsp3) is 0.222. The number of ketones is 1. The Morgan fingerprint density at radius 1 is 1.19 bits per heavy atom. The number of anilines is 1. The molecule has 0 saturated heterocycles. The van der Waals surface area contributed by atoms with Crippen LogP contribution in [0.3, 0.4) is 0 Å². The Labute approximate surface area is 149 Å². The second-order valence-electron chi connectivity index (χ2n) is 5.36. The van der Waals surface area contributed by atoms with Crippen molar-refractivity contribution < 1.29 is 24.4 Å². The van der Waals surface area contributed by atoms with E-state index in [4.69, 9.17) is 5.11 Å². The molecule has 8 heteroatoms. The van der Waals surface area contributed by atoms with Crippen molar-refractivity contribution in [3.8, 4) is 0 Å². The molecule has 0 aliphatic carbocycles. The molecule has 8 nitrogen and oxygen atoms in total. The van der Waals surface area contributed by atoms with Crippen molar-refractivity contribution in [2.45, 2.75) is 6.42 Å². The Hall–Kier alpha value is -3.26. The van der Waals surface area contributed by atoms with Gasteiger partial charge in [-0.05, 0) is 24.6 Å². The zero-order valence-electron chi connectivity index (χ0n) is 14.1. The normalized spacial score (nSPS) is 10.2. The summed E-state index contributed by atoms with van der Waals surface area (Å²) in [4.78, 5) is 35.3. The summed E-state index contributed by atoms with van der Waals surface area (Å²) in [6.07, 6.45) is 0.435. The highest BCUT2D eigenvalue weighted by Gasteiger charge is 2.22. The molecule has 2 rings (SSSR count). The Morgan fingerprint density at radius 3 is 2.50 bits per heavy atom. The van der Waals surface area contributed by atoms with Gasteiger partial charge in [0.25, 0.3) is 5.69 Å². The van der Waals surface area contributed by atoms with Crippen molar-refractivity contribution in [3.05, 3.63) is 69.3 Å². The lowest BCUT2D eigenvalue weighted by Gasteiger charge is -2.09. The summed E-state index contributed by atoms with van der Waals surface area (Å²) in [5.74, 6) is -1.18. The molecule has 0 saturated carbocycles. The first-order valence-electron chi connectivity index (χ1n) is 7.84. The zero-order valence-corrected chi connectivity index (χ0v) is 14.1. The Bertz CT molecular complexity index is 834. The molecule has 0 amide bonds. The van der Waals surface area contributed by atoms with Crippen molar-refractivity contribution in [2.75, 3.05) is 25.6 Å². The highest BCUT2D eigenvalue weighted by Crippen LogP contribution is 2.27. The van der Waals surface area contributed by atoms with Crippen LogP contribution in [-0.4, -0.2) is 42.0 Å². The van der Waals surface area contributed by atoms with E-state index in [1.54, 1.807) is 12.1 Å². The average molecular weight is 358 g/mol. The second kappa shape index (κ2) is 8.72. The number of nitro benzene ring substituents is 1. The van der Waals surface area contributed by atoms with Crippen LogP contribution in [0.1, 0.15) is 32.7 Å². The van der Waals surface area contributed by atoms with Gasteiger partial charge in [-0.3, -0.25) is 14.9 Å². The predicted molar refractivity (Wildman–Crippen MR) is 94.5 cm³/mol. The highest BCUT2D eigenvalue weighted by atomic mass is 16.6. The number of nitrogens with zero attached hydrogens (tertiary/aromatic N) is 1. The zero-order chi connectivity index (χ0) is 19.1. The van der Waals surface area contributed by atoms with E-state index in [0.29, 0.717) is 13.0 Å². The van der Waals surface area contributed by atoms with Crippen molar-refractivity contribution in [1.82, 2.24) is 0 Å². The van der Waals surface area contributed by atoms with Crippen LogP contribution in [-0.2, 0) is 4.74 Å². The van der Waals surface area contributed by atoms with E-state index >= 15 is 0 Å². The quantitative estimate of drug-likeness (QED) is 0.244. The van der Waals surface area contributed by atoms with Gasteiger partial charge in [0.15, 0.2) is 5.78 Å². The van der Waals surface area contributed by atoms with Crippen LogP contribution in [0.25, 0.3) is 0 Å². The minimum Gasteiger partial charge on any atom is -0.465 e. The van der Waals surface area contributed by atoms with E-state index in [1.807, 2.05) is 0 Å². The predicted octanol–water partition coefficient (Wildman–Crippen LogP) is 2.41. The second-order valence-corrected chi connectivity index (χ2v) is 5.36. The fourth-order valence-corrected chi connectivity index (χ4v) is 2.40. The first-order valence-corrected chi connectivity index (χ1v) is 7.84. The van der Waals surface area contributed by atoms with Gasteiger partial charge in [0.2, 0.25) is 0 Å². The molecule has 2 aromatic rings. The smallest absolute Gasteiger partial charge is 0.338 e. The van der Waals surface area contributed by atoms with Gasteiger partial charge in [-0.1, -0.05) is 18.2 Å².